The van der Waals surface area contributed by atoms with E-state index in [4.69, 9.17) is 14.2 Å². The normalized spacial score (nSPS) is 21.8. The van der Waals surface area contributed by atoms with Crippen LogP contribution in [0.25, 0.3) is 0 Å². The quantitative estimate of drug-likeness (QED) is 0.666. The third kappa shape index (κ3) is 3.70. The summed E-state index contributed by atoms with van der Waals surface area (Å²) in [5.74, 6) is -0.630. The maximum absolute atomic E-state index is 13.0. The van der Waals surface area contributed by atoms with E-state index >= 15 is 0 Å². The summed E-state index contributed by atoms with van der Waals surface area (Å²) in [5.41, 5.74) is 0.996. The van der Waals surface area contributed by atoms with Gasteiger partial charge in [-0.15, -0.1) is 0 Å². The number of phenols is 2. The largest absolute Gasteiger partial charge is 0.508 e. The van der Waals surface area contributed by atoms with Gasteiger partial charge >= 0.3 is 0 Å². The van der Waals surface area contributed by atoms with Gasteiger partial charge in [0.2, 0.25) is 0 Å². The van der Waals surface area contributed by atoms with Crippen molar-refractivity contribution in [2.24, 2.45) is 11.8 Å². The van der Waals surface area contributed by atoms with E-state index in [0.29, 0.717) is 16.9 Å². The maximum Gasteiger partial charge on any atom is 0.168 e. The van der Waals surface area contributed by atoms with Crippen molar-refractivity contribution in [3.05, 3.63) is 47.5 Å². The molecule has 3 atom stereocenters. The zero-order valence-corrected chi connectivity index (χ0v) is 15.1. The van der Waals surface area contributed by atoms with Gasteiger partial charge in [0.1, 0.15) is 11.5 Å². The van der Waals surface area contributed by atoms with Crippen LogP contribution < -0.4 is 9.47 Å². The first-order valence-corrected chi connectivity index (χ1v) is 8.50. The third-order valence-electron chi connectivity index (χ3n) is 4.85. The second-order valence-electron chi connectivity index (χ2n) is 6.42. The fraction of sp³-hybridized carbons (Fsp3) is 0.350. The van der Waals surface area contributed by atoms with E-state index in [1.807, 2.05) is 0 Å². The topological polar surface area (TPSA) is 105 Å². The Morgan fingerprint density at radius 1 is 1.15 bits per heavy atom. The number of carbonyl (C=O) groups is 1. The monoisotopic (exact) mass is 374 g/mol. The van der Waals surface area contributed by atoms with Crippen LogP contribution >= 0.6 is 0 Å². The van der Waals surface area contributed by atoms with Crippen molar-refractivity contribution in [1.29, 1.82) is 0 Å². The van der Waals surface area contributed by atoms with Gasteiger partial charge in [-0.05, 0) is 35.9 Å². The van der Waals surface area contributed by atoms with Crippen LogP contribution in [0.5, 0.6) is 23.0 Å². The lowest BCUT2D eigenvalue weighted by Gasteiger charge is -2.21. The summed E-state index contributed by atoms with van der Waals surface area (Å²) in [4.78, 5) is 13.0. The van der Waals surface area contributed by atoms with Gasteiger partial charge in [0.05, 0.1) is 32.8 Å². The molecule has 144 valence electrons. The van der Waals surface area contributed by atoms with Gasteiger partial charge < -0.3 is 29.5 Å². The highest BCUT2D eigenvalue weighted by Gasteiger charge is 2.42. The first-order valence-electron chi connectivity index (χ1n) is 8.50. The van der Waals surface area contributed by atoms with E-state index < -0.39 is 17.9 Å². The molecule has 27 heavy (non-hydrogen) atoms. The van der Waals surface area contributed by atoms with Gasteiger partial charge in [0.15, 0.2) is 17.3 Å². The van der Waals surface area contributed by atoms with Crippen molar-refractivity contribution in [3.63, 3.8) is 0 Å². The fourth-order valence-electron chi connectivity index (χ4n) is 3.43. The lowest BCUT2D eigenvalue weighted by atomic mass is 9.83. The molecule has 0 spiro atoms. The maximum atomic E-state index is 13.0. The summed E-state index contributed by atoms with van der Waals surface area (Å²) in [5, 5.41) is 29.5. The van der Waals surface area contributed by atoms with Gasteiger partial charge in [-0.1, -0.05) is 0 Å². The molecule has 0 aliphatic carbocycles. The van der Waals surface area contributed by atoms with E-state index in [9.17, 15) is 20.1 Å². The summed E-state index contributed by atoms with van der Waals surface area (Å²) >= 11 is 0. The van der Waals surface area contributed by atoms with Crippen molar-refractivity contribution in [3.8, 4) is 23.0 Å². The van der Waals surface area contributed by atoms with Crippen LogP contribution in [-0.4, -0.2) is 48.5 Å². The molecule has 7 heteroatoms. The van der Waals surface area contributed by atoms with Crippen molar-refractivity contribution in [2.75, 3.05) is 27.4 Å². The van der Waals surface area contributed by atoms with Gasteiger partial charge in [0.25, 0.3) is 0 Å². The molecule has 0 amide bonds. The van der Waals surface area contributed by atoms with E-state index in [-0.39, 0.29) is 36.2 Å². The van der Waals surface area contributed by atoms with E-state index in [2.05, 4.69) is 0 Å². The molecular formula is C20H22O7. The van der Waals surface area contributed by atoms with Crippen molar-refractivity contribution >= 4 is 5.78 Å². The van der Waals surface area contributed by atoms with Gasteiger partial charge in [0, 0.05) is 24.2 Å². The highest BCUT2D eigenvalue weighted by Crippen LogP contribution is 2.42. The number of rotatable bonds is 6. The minimum absolute atomic E-state index is 0.0164. The molecule has 7 nitrogen and oxygen atoms in total. The van der Waals surface area contributed by atoms with Crippen LogP contribution in [0.1, 0.15) is 22.0 Å². The Balaban J connectivity index is 1.88. The number of aliphatic hydroxyl groups excluding tert-OH is 1. The minimum Gasteiger partial charge on any atom is -0.508 e. The number of aromatic hydroxyl groups is 2. The molecule has 1 saturated heterocycles. The number of carbonyl (C=O) groups excluding carboxylic acids is 1. The first kappa shape index (κ1) is 19.0. The molecular weight excluding hydrogens is 352 g/mol. The molecule has 0 bridgehead atoms. The number of phenolic OH excluding ortho intramolecular Hbond substituents is 2. The highest BCUT2D eigenvalue weighted by molar-refractivity contribution is 5.99. The predicted octanol–water partition coefficient (Wildman–Crippen LogP) is 2.29. The Morgan fingerprint density at radius 2 is 1.93 bits per heavy atom. The summed E-state index contributed by atoms with van der Waals surface area (Å²) in [6, 6.07) is 9.09. The van der Waals surface area contributed by atoms with Crippen LogP contribution in [0.15, 0.2) is 36.4 Å². The van der Waals surface area contributed by atoms with Crippen molar-refractivity contribution < 1.29 is 34.3 Å². The van der Waals surface area contributed by atoms with Crippen molar-refractivity contribution in [2.45, 2.75) is 6.10 Å². The molecule has 0 aromatic heterocycles. The second kappa shape index (κ2) is 7.85. The Hall–Kier alpha value is -2.77. The summed E-state index contributed by atoms with van der Waals surface area (Å²) in [7, 11) is 2.89. The molecule has 1 aliphatic heterocycles. The van der Waals surface area contributed by atoms with Gasteiger partial charge in [-0.25, -0.2) is 0 Å². The molecule has 1 aliphatic rings. The fourth-order valence-corrected chi connectivity index (χ4v) is 3.43. The molecule has 3 rings (SSSR count). The minimum atomic E-state index is -0.567. The SMILES string of the molecule is COc1cc(O)cc([C@@H]2OC[C@H](C(=O)c3ccc(O)c(OC)c3)[C@@H]2CO)c1. The van der Waals surface area contributed by atoms with Crippen LogP contribution in [-0.2, 0) is 4.74 Å². The average Bonchev–Trinajstić information content (AvgIpc) is 3.11. The number of methoxy groups -OCH3 is 2. The van der Waals surface area contributed by atoms with Crippen LogP contribution in [0.2, 0.25) is 0 Å². The van der Waals surface area contributed by atoms with E-state index in [0.717, 1.165) is 0 Å². The number of ketones is 1. The molecule has 1 heterocycles. The molecule has 1 fully saturated rings. The first-order chi connectivity index (χ1) is 13.0. The predicted molar refractivity (Wildman–Crippen MR) is 96.4 cm³/mol. The number of ether oxygens (including phenoxy) is 3. The standard InChI is InChI=1S/C20H22O7/c1-25-14-6-12(5-13(22)8-14)20-15(9-21)16(10-27-20)19(24)11-3-4-17(23)18(7-11)26-2/h3-8,15-16,20-23H,9-10H2,1-2H3/t15-,16-,20-/m0/s1. The zero-order chi connectivity index (χ0) is 19.6. The highest BCUT2D eigenvalue weighted by atomic mass is 16.5. The number of hydrogen-bond acceptors (Lipinski definition) is 7. The summed E-state index contributed by atoms with van der Waals surface area (Å²) < 4.78 is 16.0. The lowest BCUT2D eigenvalue weighted by molar-refractivity contribution is 0.0711. The van der Waals surface area contributed by atoms with Crippen LogP contribution in [0.4, 0.5) is 0 Å². The zero-order valence-electron chi connectivity index (χ0n) is 15.1. The lowest BCUT2D eigenvalue weighted by Crippen LogP contribution is -2.26. The van der Waals surface area contributed by atoms with E-state index in [1.54, 1.807) is 6.07 Å². The van der Waals surface area contributed by atoms with Crippen molar-refractivity contribution in [1.82, 2.24) is 0 Å². The summed E-state index contributed by atoms with van der Waals surface area (Å²) in [6.45, 7) is -0.121. The molecule has 3 N–H and O–H groups in total. The number of Topliss-reactive ketones (excluding diaryl/α,β-unsaturated/α-hetero) is 1. The summed E-state index contributed by atoms with van der Waals surface area (Å²) in [6.07, 6.45) is -0.552. The molecule has 0 unspecified atom stereocenters. The Bertz CT molecular complexity index is 833. The van der Waals surface area contributed by atoms with Crippen LogP contribution in [0.3, 0.4) is 0 Å². The molecule has 0 radical (unpaired) electrons. The molecule has 0 saturated carbocycles. The third-order valence-corrected chi connectivity index (χ3v) is 4.85. The van der Waals surface area contributed by atoms with Gasteiger partial charge in [-0.3, -0.25) is 4.79 Å². The Labute approximate surface area is 156 Å². The van der Waals surface area contributed by atoms with Gasteiger partial charge in [-0.2, -0.15) is 0 Å². The number of benzene rings is 2. The van der Waals surface area contributed by atoms with E-state index in [1.165, 1.54) is 44.6 Å². The Morgan fingerprint density at radius 3 is 2.59 bits per heavy atom. The second-order valence-corrected chi connectivity index (χ2v) is 6.42. The smallest absolute Gasteiger partial charge is 0.168 e. The number of aliphatic hydroxyl groups is 1. The number of hydrogen-bond donors (Lipinski definition) is 3. The van der Waals surface area contributed by atoms with Crippen LogP contribution in [0, 0.1) is 11.8 Å². The molecule has 2 aromatic rings. The average molecular weight is 374 g/mol. The molecule has 2 aromatic carbocycles. The Kier molecular flexibility index (Phi) is 5.53.